The second kappa shape index (κ2) is 6.69. The summed E-state index contributed by atoms with van der Waals surface area (Å²) in [7, 11) is 0. The number of oxazole rings is 1. The summed E-state index contributed by atoms with van der Waals surface area (Å²) in [5.74, 6) is -0.592. The zero-order valence-corrected chi connectivity index (χ0v) is 13.5. The number of carbonyl (C=O) groups excluding carboxylic acids is 1. The van der Waals surface area contributed by atoms with Crippen molar-refractivity contribution in [2.24, 2.45) is 0 Å². The van der Waals surface area contributed by atoms with Crippen molar-refractivity contribution in [3.8, 4) is 6.07 Å². The van der Waals surface area contributed by atoms with Gasteiger partial charge in [0.25, 0.3) is 0 Å². The van der Waals surface area contributed by atoms with Crippen LogP contribution >= 0.6 is 11.6 Å². The number of carbonyl (C=O) groups is 1. The first-order valence-electron chi connectivity index (χ1n) is 7.22. The molecule has 24 heavy (non-hydrogen) atoms. The molecule has 0 bridgehead atoms. The molecule has 120 valence electrons. The number of nitriles is 1. The standard InChI is InChI=1S/C17H12ClN3O3/c1-2-23-17(22)16-14(8-19)21-15(24-16)6-10-3-4-13-11(5-10)7-12(18)9-20-13/h3-5,7,9H,2,6H2,1H3. The predicted octanol–water partition coefficient (Wildman–Crippen LogP) is 3.52. The lowest BCUT2D eigenvalue weighted by atomic mass is 10.1. The maximum atomic E-state index is 11.8. The maximum Gasteiger partial charge on any atom is 0.377 e. The molecule has 7 heteroatoms. The fourth-order valence-electron chi connectivity index (χ4n) is 2.29. The Morgan fingerprint density at radius 3 is 3.00 bits per heavy atom. The maximum absolute atomic E-state index is 11.8. The highest BCUT2D eigenvalue weighted by atomic mass is 35.5. The largest absolute Gasteiger partial charge is 0.460 e. The van der Waals surface area contributed by atoms with Gasteiger partial charge in [-0.3, -0.25) is 4.98 Å². The van der Waals surface area contributed by atoms with Crippen molar-refractivity contribution < 1.29 is 13.9 Å². The van der Waals surface area contributed by atoms with Gasteiger partial charge in [0.2, 0.25) is 11.7 Å². The summed E-state index contributed by atoms with van der Waals surface area (Å²) >= 11 is 5.96. The molecule has 3 aromatic rings. The third-order valence-corrected chi connectivity index (χ3v) is 3.51. The number of esters is 1. The van der Waals surface area contributed by atoms with E-state index in [4.69, 9.17) is 26.0 Å². The predicted molar refractivity (Wildman–Crippen MR) is 86.7 cm³/mol. The molecule has 0 unspecified atom stereocenters. The highest BCUT2D eigenvalue weighted by Gasteiger charge is 2.21. The number of hydrogen-bond acceptors (Lipinski definition) is 6. The van der Waals surface area contributed by atoms with Gasteiger partial charge in [-0.2, -0.15) is 5.26 Å². The van der Waals surface area contributed by atoms with Crippen LogP contribution in [-0.2, 0) is 11.2 Å². The fourth-order valence-corrected chi connectivity index (χ4v) is 2.46. The van der Waals surface area contributed by atoms with Crippen LogP contribution in [0.25, 0.3) is 10.9 Å². The number of benzene rings is 1. The number of nitrogens with zero attached hydrogens (tertiary/aromatic N) is 3. The normalized spacial score (nSPS) is 10.5. The van der Waals surface area contributed by atoms with Crippen molar-refractivity contribution in [2.75, 3.05) is 6.61 Å². The molecule has 0 N–H and O–H groups in total. The van der Waals surface area contributed by atoms with Gasteiger partial charge >= 0.3 is 5.97 Å². The van der Waals surface area contributed by atoms with E-state index in [0.29, 0.717) is 11.4 Å². The Bertz CT molecular complexity index is 959. The van der Waals surface area contributed by atoms with Crippen LogP contribution in [0.15, 0.2) is 34.9 Å². The summed E-state index contributed by atoms with van der Waals surface area (Å²) in [6, 6.07) is 9.31. The number of rotatable bonds is 4. The number of fused-ring (bicyclic) bond motifs is 1. The van der Waals surface area contributed by atoms with Crippen LogP contribution in [0.1, 0.15) is 34.6 Å². The molecule has 0 saturated heterocycles. The van der Waals surface area contributed by atoms with Crippen molar-refractivity contribution in [1.82, 2.24) is 9.97 Å². The minimum Gasteiger partial charge on any atom is -0.460 e. The van der Waals surface area contributed by atoms with Gasteiger partial charge in [-0.05, 0) is 30.7 Å². The molecule has 1 aromatic carbocycles. The van der Waals surface area contributed by atoms with Crippen LogP contribution in [0.3, 0.4) is 0 Å². The van der Waals surface area contributed by atoms with Crippen LogP contribution in [0.4, 0.5) is 0 Å². The molecule has 0 aliphatic rings. The fraction of sp³-hybridized carbons (Fsp3) is 0.176. The first kappa shape index (κ1) is 16.0. The second-order valence-electron chi connectivity index (χ2n) is 4.97. The lowest BCUT2D eigenvalue weighted by molar-refractivity contribution is 0.0487. The van der Waals surface area contributed by atoms with Gasteiger partial charge < -0.3 is 9.15 Å². The topological polar surface area (TPSA) is 89.0 Å². The minimum absolute atomic E-state index is 0.0750. The summed E-state index contributed by atoms with van der Waals surface area (Å²) in [6.45, 7) is 1.87. The van der Waals surface area contributed by atoms with E-state index in [1.807, 2.05) is 30.3 Å². The van der Waals surface area contributed by atoms with E-state index in [9.17, 15) is 4.79 Å². The highest BCUT2D eigenvalue weighted by Crippen LogP contribution is 2.21. The van der Waals surface area contributed by atoms with E-state index in [1.165, 1.54) is 0 Å². The van der Waals surface area contributed by atoms with Gasteiger partial charge in [0.1, 0.15) is 6.07 Å². The molecule has 0 aliphatic heterocycles. The lowest BCUT2D eigenvalue weighted by Crippen LogP contribution is -2.05. The first-order valence-corrected chi connectivity index (χ1v) is 7.59. The Morgan fingerprint density at radius 1 is 1.42 bits per heavy atom. The molecular formula is C17H12ClN3O3. The number of pyridine rings is 1. The van der Waals surface area contributed by atoms with E-state index < -0.39 is 5.97 Å². The summed E-state index contributed by atoms with van der Waals surface area (Å²) in [4.78, 5) is 20.1. The van der Waals surface area contributed by atoms with Crippen LogP contribution < -0.4 is 0 Å². The number of ether oxygens (including phenoxy) is 1. The van der Waals surface area contributed by atoms with Crippen LogP contribution in [0.2, 0.25) is 5.02 Å². The summed E-state index contributed by atoms with van der Waals surface area (Å²) < 4.78 is 10.3. The molecule has 0 spiro atoms. The zero-order valence-electron chi connectivity index (χ0n) is 12.7. The van der Waals surface area contributed by atoms with Gasteiger partial charge in [-0.25, -0.2) is 9.78 Å². The molecular weight excluding hydrogens is 330 g/mol. The quantitative estimate of drug-likeness (QED) is 0.674. The van der Waals surface area contributed by atoms with Crippen LogP contribution in [0.5, 0.6) is 0 Å². The summed E-state index contributed by atoms with van der Waals surface area (Å²) in [5.41, 5.74) is 1.64. The van der Waals surface area contributed by atoms with Crippen molar-refractivity contribution >= 4 is 28.5 Å². The second-order valence-corrected chi connectivity index (χ2v) is 5.41. The van der Waals surface area contributed by atoms with E-state index in [1.54, 1.807) is 13.1 Å². The number of hydrogen-bond donors (Lipinski definition) is 0. The molecule has 0 fully saturated rings. The molecule has 2 heterocycles. The van der Waals surface area contributed by atoms with E-state index in [2.05, 4.69) is 9.97 Å². The molecule has 0 amide bonds. The molecule has 0 aliphatic carbocycles. The Labute approximate surface area is 142 Å². The van der Waals surface area contributed by atoms with Crippen LogP contribution in [0, 0.1) is 11.3 Å². The van der Waals surface area contributed by atoms with E-state index in [-0.39, 0.29) is 24.0 Å². The SMILES string of the molecule is CCOC(=O)c1oc(Cc2ccc3ncc(Cl)cc3c2)nc1C#N. The molecule has 0 radical (unpaired) electrons. The monoisotopic (exact) mass is 341 g/mol. The Morgan fingerprint density at radius 2 is 2.25 bits per heavy atom. The Hall–Kier alpha value is -2.91. The smallest absolute Gasteiger partial charge is 0.377 e. The third-order valence-electron chi connectivity index (χ3n) is 3.31. The van der Waals surface area contributed by atoms with Gasteiger partial charge in [0.15, 0.2) is 5.69 Å². The average Bonchev–Trinajstić information content (AvgIpc) is 2.97. The number of aromatic nitrogens is 2. The minimum atomic E-state index is -0.692. The summed E-state index contributed by atoms with van der Waals surface area (Å²) in [5, 5.41) is 10.5. The highest BCUT2D eigenvalue weighted by molar-refractivity contribution is 6.31. The van der Waals surface area contributed by atoms with E-state index in [0.717, 1.165) is 16.5 Å². The van der Waals surface area contributed by atoms with Crippen molar-refractivity contribution in [3.63, 3.8) is 0 Å². The number of halogens is 1. The van der Waals surface area contributed by atoms with Crippen molar-refractivity contribution in [1.29, 1.82) is 5.26 Å². The van der Waals surface area contributed by atoms with Gasteiger partial charge in [0.05, 0.1) is 17.1 Å². The zero-order chi connectivity index (χ0) is 17.1. The molecule has 0 atom stereocenters. The van der Waals surface area contributed by atoms with Crippen LogP contribution in [-0.4, -0.2) is 22.5 Å². The lowest BCUT2D eigenvalue weighted by Gasteiger charge is -2.02. The first-order chi connectivity index (χ1) is 11.6. The van der Waals surface area contributed by atoms with Crippen molar-refractivity contribution in [2.45, 2.75) is 13.3 Å². The van der Waals surface area contributed by atoms with E-state index >= 15 is 0 Å². The molecule has 0 saturated carbocycles. The average molecular weight is 342 g/mol. The molecule has 6 nitrogen and oxygen atoms in total. The Balaban J connectivity index is 1.91. The molecule has 2 aromatic heterocycles. The van der Waals surface area contributed by atoms with Crippen molar-refractivity contribution in [3.05, 3.63) is 58.4 Å². The van der Waals surface area contributed by atoms with Gasteiger partial charge in [0, 0.05) is 18.0 Å². The molecule has 3 rings (SSSR count). The summed E-state index contributed by atoms with van der Waals surface area (Å²) in [6.07, 6.45) is 1.92. The Kier molecular flexibility index (Phi) is 4.45. The van der Waals surface area contributed by atoms with Gasteiger partial charge in [-0.15, -0.1) is 0 Å². The van der Waals surface area contributed by atoms with Gasteiger partial charge in [-0.1, -0.05) is 17.7 Å². The third kappa shape index (κ3) is 3.21.